The second kappa shape index (κ2) is 8.08. The minimum Gasteiger partial charge on any atom is -0.384 e. The lowest BCUT2D eigenvalue weighted by molar-refractivity contribution is 0.0530. The highest BCUT2D eigenvalue weighted by molar-refractivity contribution is 7.08. The summed E-state index contributed by atoms with van der Waals surface area (Å²) in [5.74, 6) is -0.521. The number of benzene rings is 1. The van der Waals surface area contributed by atoms with Crippen molar-refractivity contribution in [2.45, 2.75) is 25.9 Å². The fraction of sp³-hybridized carbons (Fsp3) is 0.333. The molecule has 5 nitrogen and oxygen atoms in total. The third-order valence-corrected chi connectivity index (χ3v) is 4.34. The van der Waals surface area contributed by atoms with E-state index in [2.05, 4.69) is 10.6 Å². The fourth-order valence-corrected chi connectivity index (χ4v) is 2.95. The van der Waals surface area contributed by atoms with Gasteiger partial charge in [0.2, 0.25) is 0 Å². The first kappa shape index (κ1) is 18.2. The highest BCUT2D eigenvalue weighted by Crippen LogP contribution is 2.22. The molecule has 0 bridgehead atoms. The molecule has 128 valence electrons. The Morgan fingerprint density at radius 2 is 1.83 bits per heavy atom. The predicted octanol–water partition coefficient (Wildman–Crippen LogP) is 2.53. The lowest BCUT2D eigenvalue weighted by Crippen LogP contribution is -2.38. The van der Waals surface area contributed by atoms with Gasteiger partial charge in [0.05, 0.1) is 6.54 Å². The van der Waals surface area contributed by atoms with Crippen LogP contribution in [0.3, 0.4) is 0 Å². The Kier molecular flexibility index (Phi) is 6.11. The van der Waals surface area contributed by atoms with E-state index in [4.69, 9.17) is 0 Å². The first-order chi connectivity index (χ1) is 11.4. The minimum atomic E-state index is -1.13. The Balaban J connectivity index is 2.01. The maximum atomic E-state index is 12.3. The largest absolute Gasteiger partial charge is 0.384 e. The van der Waals surface area contributed by atoms with Crippen LogP contribution < -0.4 is 10.6 Å². The van der Waals surface area contributed by atoms with Gasteiger partial charge in [-0.15, -0.1) is 0 Å². The third-order valence-electron chi connectivity index (χ3n) is 3.66. The molecular weight excluding hydrogens is 324 g/mol. The van der Waals surface area contributed by atoms with Gasteiger partial charge in [-0.25, -0.2) is 0 Å². The zero-order valence-electron chi connectivity index (χ0n) is 13.8. The van der Waals surface area contributed by atoms with E-state index in [0.29, 0.717) is 17.7 Å². The van der Waals surface area contributed by atoms with Gasteiger partial charge in [0, 0.05) is 17.7 Å². The van der Waals surface area contributed by atoms with Crippen LogP contribution in [0.1, 0.15) is 46.5 Å². The van der Waals surface area contributed by atoms with Crippen LogP contribution in [0.15, 0.2) is 41.1 Å². The van der Waals surface area contributed by atoms with Gasteiger partial charge < -0.3 is 15.7 Å². The van der Waals surface area contributed by atoms with Crippen molar-refractivity contribution in [3.05, 3.63) is 57.8 Å². The SMILES string of the molecule is CCCNC(=O)c1cccc(C(=O)NCC(C)(O)c2ccsc2)c1. The highest BCUT2D eigenvalue weighted by Gasteiger charge is 2.24. The van der Waals surface area contributed by atoms with Crippen molar-refractivity contribution in [3.63, 3.8) is 0 Å². The zero-order chi connectivity index (χ0) is 17.6. The Morgan fingerprint density at radius 1 is 1.17 bits per heavy atom. The van der Waals surface area contributed by atoms with Gasteiger partial charge in [-0.1, -0.05) is 13.0 Å². The van der Waals surface area contributed by atoms with E-state index in [0.717, 1.165) is 12.0 Å². The summed E-state index contributed by atoms with van der Waals surface area (Å²) in [6.45, 7) is 4.32. The fourth-order valence-electron chi connectivity index (χ4n) is 2.17. The van der Waals surface area contributed by atoms with E-state index < -0.39 is 5.60 Å². The Bertz CT molecular complexity index is 696. The van der Waals surface area contributed by atoms with Crippen LogP contribution in [-0.2, 0) is 5.60 Å². The number of carbonyl (C=O) groups excluding carboxylic acids is 2. The number of carbonyl (C=O) groups is 2. The van der Waals surface area contributed by atoms with Gasteiger partial charge >= 0.3 is 0 Å². The van der Waals surface area contributed by atoms with Crippen molar-refractivity contribution in [2.75, 3.05) is 13.1 Å². The molecule has 0 saturated heterocycles. The molecule has 2 rings (SSSR count). The molecule has 1 unspecified atom stereocenters. The van der Waals surface area contributed by atoms with Crippen LogP contribution in [0.25, 0.3) is 0 Å². The second-order valence-corrected chi connectivity index (χ2v) is 6.59. The van der Waals surface area contributed by atoms with Crippen LogP contribution in [-0.4, -0.2) is 30.0 Å². The summed E-state index contributed by atoms with van der Waals surface area (Å²) in [7, 11) is 0. The average Bonchev–Trinajstić information content (AvgIpc) is 3.13. The molecule has 0 aliphatic heterocycles. The van der Waals surface area contributed by atoms with Crippen LogP contribution in [0.5, 0.6) is 0 Å². The van der Waals surface area contributed by atoms with Crippen LogP contribution >= 0.6 is 11.3 Å². The lowest BCUT2D eigenvalue weighted by atomic mass is 9.99. The van der Waals surface area contributed by atoms with Crippen molar-refractivity contribution < 1.29 is 14.7 Å². The summed E-state index contributed by atoms with van der Waals surface area (Å²) in [4.78, 5) is 24.3. The molecule has 0 spiro atoms. The Morgan fingerprint density at radius 3 is 2.42 bits per heavy atom. The molecule has 1 aromatic heterocycles. The molecular formula is C18H22N2O3S. The molecule has 2 amide bonds. The molecule has 2 aromatic rings. The molecule has 0 radical (unpaired) electrons. The van der Waals surface area contributed by atoms with Gasteiger partial charge in [0.1, 0.15) is 5.60 Å². The quantitative estimate of drug-likeness (QED) is 0.721. The first-order valence-electron chi connectivity index (χ1n) is 7.85. The molecule has 1 heterocycles. The average molecular weight is 346 g/mol. The van der Waals surface area contributed by atoms with E-state index in [1.54, 1.807) is 31.2 Å². The summed E-state index contributed by atoms with van der Waals surface area (Å²) in [5.41, 5.74) is 0.465. The number of nitrogens with one attached hydrogen (secondary N) is 2. The normalized spacial score (nSPS) is 13.1. The number of amides is 2. The van der Waals surface area contributed by atoms with Gasteiger partial charge in [0.25, 0.3) is 11.8 Å². The van der Waals surface area contributed by atoms with Gasteiger partial charge in [0.15, 0.2) is 0 Å². The second-order valence-electron chi connectivity index (χ2n) is 5.81. The maximum Gasteiger partial charge on any atom is 0.251 e. The summed E-state index contributed by atoms with van der Waals surface area (Å²) in [6.07, 6.45) is 0.851. The molecule has 24 heavy (non-hydrogen) atoms. The smallest absolute Gasteiger partial charge is 0.251 e. The van der Waals surface area contributed by atoms with Crippen LogP contribution in [0.2, 0.25) is 0 Å². The molecule has 0 saturated carbocycles. The van der Waals surface area contributed by atoms with Gasteiger partial charge in [-0.3, -0.25) is 9.59 Å². The van der Waals surface area contributed by atoms with Gasteiger partial charge in [-0.05, 0) is 53.9 Å². The Hall–Kier alpha value is -2.18. The first-order valence-corrected chi connectivity index (χ1v) is 8.80. The number of hydrogen-bond donors (Lipinski definition) is 3. The molecule has 1 atom stereocenters. The van der Waals surface area contributed by atoms with E-state index in [9.17, 15) is 14.7 Å². The standard InChI is InChI=1S/C18H22N2O3S/c1-3-8-19-16(21)13-5-4-6-14(10-13)17(22)20-12-18(2,23)15-7-9-24-11-15/h4-7,9-11,23H,3,8,12H2,1-2H3,(H,19,21)(H,20,22). The highest BCUT2D eigenvalue weighted by atomic mass is 32.1. The monoisotopic (exact) mass is 346 g/mol. The number of thiophene rings is 1. The Labute approximate surface area is 145 Å². The lowest BCUT2D eigenvalue weighted by Gasteiger charge is -2.22. The van der Waals surface area contributed by atoms with Crippen LogP contribution in [0, 0.1) is 0 Å². The maximum absolute atomic E-state index is 12.3. The number of aliphatic hydroxyl groups is 1. The number of rotatable bonds is 7. The van der Waals surface area contributed by atoms with E-state index in [-0.39, 0.29) is 18.4 Å². The van der Waals surface area contributed by atoms with Crippen molar-refractivity contribution in [1.29, 1.82) is 0 Å². The topological polar surface area (TPSA) is 78.4 Å². The molecule has 3 N–H and O–H groups in total. The van der Waals surface area contributed by atoms with Crippen molar-refractivity contribution >= 4 is 23.2 Å². The van der Waals surface area contributed by atoms with E-state index in [1.165, 1.54) is 11.3 Å². The zero-order valence-corrected chi connectivity index (χ0v) is 14.7. The summed E-state index contributed by atoms with van der Waals surface area (Å²) >= 11 is 1.49. The van der Waals surface area contributed by atoms with E-state index >= 15 is 0 Å². The summed E-state index contributed by atoms with van der Waals surface area (Å²) in [5, 5.41) is 19.7. The minimum absolute atomic E-state index is 0.0921. The number of hydrogen-bond acceptors (Lipinski definition) is 4. The van der Waals surface area contributed by atoms with Crippen molar-refractivity contribution in [2.24, 2.45) is 0 Å². The van der Waals surface area contributed by atoms with Crippen molar-refractivity contribution in [1.82, 2.24) is 10.6 Å². The van der Waals surface area contributed by atoms with Crippen LogP contribution in [0.4, 0.5) is 0 Å². The molecule has 0 aliphatic rings. The molecule has 1 aromatic carbocycles. The van der Waals surface area contributed by atoms with E-state index in [1.807, 2.05) is 23.8 Å². The third kappa shape index (κ3) is 4.66. The molecule has 0 aliphatic carbocycles. The van der Waals surface area contributed by atoms with Gasteiger partial charge in [-0.2, -0.15) is 11.3 Å². The summed E-state index contributed by atoms with van der Waals surface area (Å²) < 4.78 is 0. The van der Waals surface area contributed by atoms with Crippen molar-refractivity contribution in [3.8, 4) is 0 Å². The predicted molar refractivity (Wildman–Crippen MR) is 95.3 cm³/mol. The molecule has 6 heteroatoms. The molecule has 0 fully saturated rings. The summed E-state index contributed by atoms with van der Waals surface area (Å²) in [6, 6.07) is 8.37.